The van der Waals surface area contributed by atoms with Gasteiger partial charge in [0.05, 0.1) is 11.1 Å². The number of carbonyl (C=O) groups is 1. The fourth-order valence-electron chi connectivity index (χ4n) is 2.54. The fraction of sp³-hybridized carbons (Fsp3) is 0.500. The van der Waals surface area contributed by atoms with Gasteiger partial charge in [-0.05, 0) is 44.0 Å². The average molecular weight is 321 g/mol. The van der Waals surface area contributed by atoms with Gasteiger partial charge in [0.25, 0.3) is 0 Å². The molecule has 1 aromatic rings. The zero-order valence-electron chi connectivity index (χ0n) is 11.5. The van der Waals surface area contributed by atoms with Crippen LogP contribution in [0.1, 0.15) is 31.7 Å². The van der Waals surface area contributed by atoms with Gasteiger partial charge in [0.2, 0.25) is 5.91 Å². The smallest absolute Gasteiger partial charge is 0.324 e. The van der Waals surface area contributed by atoms with Crippen molar-refractivity contribution in [1.29, 1.82) is 0 Å². The molecule has 1 fully saturated rings. The molecule has 1 aliphatic rings. The van der Waals surface area contributed by atoms with Crippen molar-refractivity contribution >= 4 is 23.2 Å². The van der Waals surface area contributed by atoms with Gasteiger partial charge in [-0.1, -0.05) is 18.5 Å². The Morgan fingerprint density at radius 3 is 2.67 bits per heavy atom. The summed E-state index contributed by atoms with van der Waals surface area (Å²) in [7, 11) is 0. The quantitative estimate of drug-likeness (QED) is 0.888. The second kappa shape index (κ2) is 5.85. The van der Waals surface area contributed by atoms with E-state index in [-0.39, 0.29) is 16.6 Å². The molecule has 2 rings (SSSR count). The van der Waals surface area contributed by atoms with Crippen LogP contribution in [0.25, 0.3) is 0 Å². The number of nitrogens with one attached hydrogen (secondary N) is 2. The van der Waals surface area contributed by atoms with Crippen molar-refractivity contribution in [2.75, 3.05) is 11.9 Å². The van der Waals surface area contributed by atoms with E-state index >= 15 is 0 Å². The third-order valence-corrected chi connectivity index (χ3v) is 3.98. The minimum absolute atomic E-state index is 0.0568. The van der Waals surface area contributed by atoms with Gasteiger partial charge < -0.3 is 10.6 Å². The van der Waals surface area contributed by atoms with Gasteiger partial charge in [0.1, 0.15) is 0 Å². The van der Waals surface area contributed by atoms with Crippen LogP contribution in [0.4, 0.5) is 18.9 Å². The lowest BCUT2D eigenvalue weighted by Crippen LogP contribution is -2.50. The summed E-state index contributed by atoms with van der Waals surface area (Å²) in [5.74, 6) is -0.321. The lowest BCUT2D eigenvalue weighted by atomic mass is 9.93. The molecule has 0 bridgehead atoms. The normalized spacial score (nSPS) is 22.3. The zero-order chi connectivity index (χ0) is 15.7. The number of anilines is 1. The highest BCUT2D eigenvalue weighted by molar-refractivity contribution is 6.31. The van der Waals surface area contributed by atoms with Crippen LogP contribution < -0.4 is 10.6 Å². The highest BCUT2D eigenvalue weighted by Gasteiger charge is 2.39. The van der Waals surface area contributed by atoms with Crippen molar-refractivity contribution in [2.45, 2.75) is 37.9 Å². The highest BCUT2D eigenvalue weighted by atomic mass is 35.5. The number of carbonyl (C=O) groups excluding carboxylic acids is 1. The van der Waals surface area contributed by atoms with E-state index in [9.17, 15) is 18.0 Å². The Labute approximate surface area is 125 Å². The summed E-state index contributed by atoms with van der Waals surface area (Å²) < 4.78 is 38.2. The maximum atomic E-state index is 12.7. The second-order valence-electron chi connectivity index (χ2n) is 5.15. The first-order chi connectivity index (χ1) is 9.77. The van der Waals surface area contributed by atoms with E-state index in [0.717, 1.165) is 25.1 Å². The summed E-state index contributed by atoms with van der Waals surface area (Å²) in [5.41, 5.74) is -1.53. The first-order valence-electron chi connectivity index (χ1n) is 6.71. The number of amides is 1. The summed E-state index contributed by atoms with van der Waals surface area (Å²) in [5, 5.41) is 5.61. The summed E-state index contributed by atoms with van der Waals surface area (Å²) >= 11 is 5.70. The average Bonchev–Trinajstić information content (AvgIpc) is 2.87. The van der Waals surface area contributed by atoms with Crippen molar-refractivity contribution in [3.63, 3.8) is 0 Å². The molecule has 0 aliphatic carbocycles. The van der Waals surface area contributed by atoms with Crippen LogP contribution in [0.3, 0.4) is 0 Å². The molecule has 2 N–H and O–H groups in total. The highest BCUT2D eigenvalue weighted by Crippen LogP contribution is 2.34. The van der Waals surface area contributed by atoms with Crippen LogP contribution in [-0.4, -0.2) is 18.0 Å². The molecule has 1 amide bonds. The SMILES string of the molecule is CCC1(C(=O)Nc2cc(Cl)cc(C(F)(F)F)c2)CCCN1. The Bertz CT molecular complexity index is 540. The van der Waals surface area contributed by atoms with Crippen LogP contribution in [-0.2, 0) is 11.0 Å². The lowest BCUT2D eigenvalue weighted by Gasteiger charge is -2.26. The van der Waals surface area contributed by atoms with E-state index in [4.69, 9.17) is 11.6 Å². The van der Waals surface area contributed by atoms with E-state index in [1.54, 1.807) is 0 Å². The molecule has 1 unspecified atom stereocenters. The van der Waals surface area contributed by atoms with Crippen LogP contribution in [0.5, 0.6) is 0 Å². The fourth-order valence-corrected chi connectivity index (χ4v) is 2.77. The Morgan fingerprint density at radius 1 is 1.43 bits per heavy atom. The molecule has 0 saturated carbocycles. The molecule has 1 aromatic carbocycles. The van der Waals surface area contributed by atoms with Gasteiger partial charge in [-0.3, -0.25) is 4.79 Å². The summed E-state index contributed by atoms with van der Waals surface area (Å²) in [6.07, 6.45) is -2.39. The van der Waals surface area contributed by atoms with E-state index in [0.29, 0.717) is 12.8 Å². The van der Waals surface area contributed by atoms with E-state index in [2.05, 4.69) is 10.6 Å². The number of rotatable bonds is 3. The van der Waals surface area contributed by atoms with Crippen LogP contribution >= 0.6 is 11.6 Å². The molecule has 21 heavy (non-hydrogen) atoms. The minimum atomic E-state index is -4.50. The first-order valence-corrected chi connectivity index (χ1v) is 7.09. The van der Waals surface area contributed by atoms with Gasteiger partial charge in [-0.2, -0.15) is 13.2 Å². The number of alkyl halides is 3. The largest absolute Gasteiger partial charge is 0.416 e. The maximum Gasteiger partial charge on any atom is 0.416 e. The molecule has 7 heteroatoms. The number of hydrogen-bond acceptors (Lipinski definition) is 2. The predicted octanol–water partition coefficient (Wildman–Crippen LogP) is 3.83. The van der Waals surface area contributed by atoms with Crippen molar-refractivity contribution in [1.82, 2.24) is 5.32 Å². The third-order valence-electron chi connectivity index (χ3n) is 3.76. The molecule has 1 aliphatic heterocycles. The minimum Gasteiger partial charge on any atom is -0.324 e. The molecular formula is C14H16ClF3N2O. The van der Waals surface area contributed by atoms with Gasteiger partial charge in [0.15, 0.2) is 0 Å². The van der Waals surface area contributed by atoms with Gasteiger partial charge in [0, 0.05) is 10.7 Å². The Kier molecular flexibility index (Phi) is 4.49. The maximum absolute atomic E-state index is 12.7. The standard InChI is InChI=1S/C14H16ClF3N2O/c1-2-13(4-3-5-19-13)12(21)20-11-7-9(14(16,17)18)6-10(15)8-11/h6-8,19H,2-5H2,1H3,(H,20,21). The first kappa shape index (κ1) is 16.1. The third kappa shape index (κ3) is 3.49. The molecule has 116 valence electrons. The number of hydrogen-bond donors (Lipinski definition) is 2. The molecular weight excluding hydrogens is 305 g/mol. The summed E-state index contributed by atoms with van der Waals surface area (Å²) in [6, 6.07) is 3.04. The zero-order valence-corrected chi connectivity index (χ0v) is 12.2. The van der Waals surface area contributed by atoms with Crippen molar-refractivity contribution in [3.05, 3.63) is 28.8 Å². The second-order valence-corrected chi connectivity index (χ2v) is 5.58. The van der Waals surface area contributed by atoms with Crippen LogP contribution in [0.2, 0.25) is 5.02 Å². The Morgan fingerprint density at radius 2 is 2.14 bits per heavy atom. The molecule has 1 heterocycles. The summed E-state index contributed by atoms with van der Waals surface area (Å²) in [4.78, 5) is 12.3. The van der Waals surface area contributed by atoms with E-state index in [1.807, 2.05) is 6.92 Å². The molecule has 1 saturated heterocycles. The Balaban J connectivity index is 2.23. The number of halogens is 4. The molecule has 1 atom stereocenters. The molecule has 0 aromatic heterocycles. The monoisotopic (exact) mass is 320 g/mol. The Hall–Kier alpha value is -1.27. The van der Waals surface area contributed by atoms with E-state index < -0.39 is 17.3 Å². The van der Waals surface area contributed by atoms with Crippen molar-refractivity contribution in [2.24, 2.45) is 0 Å². The summed E-state index contributed by atoms with van der Waals surface area (Å²) in [6.45, 7) is 2.60. The van der Waals surface area contributed by atoms with Crippen molar-refractivity contribution in [3.8, 4) is 0 Å². The molecule has 3 nitrogen and oxygen atoms in total. The molecule has 0 radical (unpaired) electrons. The molecule has 0 spiro atoms. The van der Waals surface area contributed by atoms with Crippen molar-refractivity contribution < 1.29 is 18.0 Å². The topological polar surface area (TPSA) is 41.1 Å². The lowest BCUT2D eigenvalue weighted by molar-refractivity contribution is -0.137. The van der Waals surface area contributed by atoms with Crippen LogP contribution in [0.15, 0.2) is 18.2 Å². The number of benzene rings is 1. The van der Waals surface area contributed by atoms with Gasteiger partial charge in [-0.15, -0.1) is 0 Å². The van der Waals surface area contributed by atoms with Crippen LogP contribution in [0, 0.1) is 0 Å². The predicted molar refractivity (Wildman–Crippen MR) is 75.3 cm³/mol. The van der Waals surface area contributed by atoms with E-state index in [1.165, 1.54) is 6.07 Å². The van der Waals surface area contributed by atoms with Gasteiger partial charge in [-0.25, -0.2) is 0 Å². The van der Waals surface area contributed by atoms with Gasteiger partial charge >= 0.3 is 6.18 Å².